The maximum atomic E-state index is 13.1. The van der Waals surface area contributed by atoms with Gasteiger partial charge in [0.05, 0.1) is 5.69 Å². The number of nitrogens with zero attached hydrogens (tertiary/aromatic N) is 5. The minimum atomic E-state index is -0.486. The second kappa shape index (κ2) is 20.7. The molecule has 0 fully saturated rings. The second-order valence-corrected chi connectivity index (χ2v) is 11.7. The first-order valence-electron chi connectivity index (χ1n) is 16.5. The number of aryl methyl sites for hydroxylation is 1. The molecule has 0 radical (unpaired) electrons. The van der Waals surface area contributed by atoms with Crippen LogP contribution in [-0.4, -0.2) is 4.57 Å². The van der Waals surface area contributed by atoms with Crippen molar-refractivity contribution in [2.45, 2.75) is 143 Å². The Morgan fingerprint density at radius 2 is 1.38 bits per heavy atom. The van der Waals surface area contributed by atoms with E-state index >= 15 is 0 Å². The number of pyridine rings is 1. The summed E-state index contributed by atoms with van der Waals surface area (Å²) < 4.78 is 1.33. The monoisotopic (exact) mass is 575 g/mol. The van der Waals surface area contributed by atoms with Crippen LogP contribution < -0.4 is 5.56 Å². The molecule has 0 spiro atoms. The summed E-state index contributed by atoms with van der Waals surface area (Å²) in [6.45, 7) is 8.42. The van der Waals surface area contributed by atoms with E-state index in [1.165, 1.54) is 87.2 Å². The first-order valence-corrected chi connectivity index (χ1v) is 16.5. The van der Waals surface area contributed by atoms with Gasteiger partial charge in [0.1, 0.15) is 17.3 Å². The highest BCUT2D eigenvalue weighted by Gasteiger charge is 2.22. The van der Waals surface area contributed by atoms with Crippen molar-refractivity contribution in [2.75, 3.05) is 0 Å². The Morgan fingerprint density at radius 3 is 1.90 bits per heavy atom. The topological polar surface area (TPSA) is 99.9 Å². The van der Waals surface area contributed by atoms with Gasteiger partial charge in [-0.25, -0.2) is 0 Å². The van der Waals surface area contributed by atoms with Crippen LogP contribution in [0.15, 0.2) is 44.5 Å². The molecule has 1 unspecified atom stereocenters. The molecular formula is C35H53N5O2. The van der Waals surface area contributed by atoms with Crippen LogP contribution in [-0.2, 0) is 13.0 Å². The van der Waals surface area contributed by atoms with Gasteiger partial charge < -0.3 is 0 Å². The Hall–Kier alpha value is -3.14. The lowest BCUT2D eigenvalue weighted by Gasteiger charge is -2.19. The maximum absolute atomic E-state index is 13.1. The molecule has 230 valence electrons. The van der Waals surface area contributed by atoms with Crippen molar-refractivity contribution in [2.24, 2.45) is 21.3 Å². The molecule has 0 bridgehead atoms. The number of aromatic nitrogens is 1. The molecule has 0 amide bonds. The molecule has 1 atom stereocenters. The normalized spacial score (nSPS) is 12.1. The fourth-order valence-corrected chi connectivity index (χ4v) is 5.50. The molecule has 0 aliphatic heterocycles. The largest absolute Gasteiger partial charge is 0.287 e. The summed E-state index contributed by atoms with van der Waals surface area (Å²) in [4.78, 5) is 25.0. The van der Waals surface area contributed by atoms with Crippen LogP contribution in [0.3, 0.4) is 0 Å². The summed E-state index contributed by atoms with van der Waals surface area (Å²) >= 11 is 0. The predicted octanol–water partition coefficient (Wildman–Crippen LogP) is 11.3. The molecule has 1 aromatic carbocycles. The molecule has 0 aliphatic carbocycles. The Labute approximate surface area is 253 Å². The van der Waals surface area contributed by atoms with E-state index < -0.39 is 5.56 Å². The minimum absolute atomic E-state index is 0.0144. The van der Waals surface area contributed by atoms with E-state index in [-0.39, 0.29) is 23.0 Å². The average Bonchev–Trinajstić information content (AvgIpc) is 3.00. The van der Waals surface area contributed by atoms with E-state index in [9.17, 15) is 15.0 Å². The van der Waals surface area contributed by atoms with Gasteiger partial charge in [0.2, 0.25) is 5.82 Å². The third kappa shape index (κ3) is 11.6. The Morgan fingerprint density at radius 1 is 0.810 bits per heavy atom. The molecule has 2 rings (SSSR count). The van der Waals surface area contributed by atoms with Gasteiger partial charge in [-0.05, 0) is 55.0 Å². The summed E-state index contributed by atoms with van der Waals surface area (Å²) in [5, 5.41) is 21.6. The molecule has 0 saturated carbocycles. The molecule has 2 aromatic rings. The third-order valence-corrected chi connectivity index (χ3v) is 8.36. The molecule has 7 heteroatoms. The Bertz CT molecular complexity index is 1190. The molecule has 1 aromatic heterocycles. The predicted molar refractivity (Wildman–Crippen MR) is 174 cm³/mol. The Kier molecular flexibility index (Phi) is 17.3. The zero-order valence-electron chi connectivity index (χ0n) is 26.7. The smallest absolute Gasteiger partial charge is 0.270 e. The van der Waals surface area contributed by atoms with Crippen LogP contribution in [0, 0.1) is 29.1 Å². The molecule has 1 heterocycles. The summed E-state index contributed by atoms with van der Waals surface area (Å²) in [7, 11) is 0. The number of nitriles is 1. The highest BCUT2D eigenvalue weighted by Crippen LogP contribution is 2.34. The molecule has 7 nitrogen and oxygen atoms in total. The summed E-state index contributed by atoms with van der Waals surface area (Å²) in [6.07, 6.45) is 21.1. The van der Waals surface area contributed by atoms with Gasteiger partial charge in [-0.15, -0.1) is 10.0 Å². The van der Waals surface area contributed by atoms with E-state index in [1.807, 2.05) is 18.2 Å². The van der Waals surface area contributed by atoms with Crippen LogP contribution in [0.1, 0.15) is 140 Å². The number of hydrogen-bond donors (Lipinski definition) is 0. The van der Waals surface area contributed by atoms with Crippen molar-refractivity contribution >= 4 is 17.2 Å². The van der Waals surface area contributed by atoms with Crippen LogP contribution in [0.2, 0.25) is 0 Å². The lowest BCUT2D eigenvalue weighted by molar-refractivity contribution is 0.387. The van der Waals surface area contributed by atoms with Crippen LogP contribution in [0.5, 0.6) is 0 Å². The number of benzene rings is 1. The fourth-order valence-electron chi connectivity index (χ4n) is 5.50. The summed E-state index contributed by atoms with van der Waals surface area (Å²) in [5.74, 6) is 0.152. The van der Waals surface area contributed by atoms with Gasteiger partial charge in [-0.2, -0.15) is 10.4 Å². The maximum Gasteiger partial charge on any atom is 0.270 e. The Balaban J connectivity index is 1.95. The van der Waals surface area contributed by atoms with Crippen LogP contribution in [0.25, 0.3) is 0 Å². The lowest BCUT2D eigenvalue weighted by atomic mass is 9.99. The van der Waals surface area contributed by atoms with Gasteiger partial charge in [0, 0.05) is 12.1 Å². The van der Waals surface area contributed by atoms with Gasteiger partial charge in [-0.3, -0.25) is 9.36 Å². The van der Waals surface area contributed by atoms with E-state index in [2.05, 4.69) is 48.3 Å². The van der Waals surface area contributed by atoms with Gasteiger partial charge in [-0.1, -0.05) is 123 Å². The zero-order valence-corrected chi connectivity index (χ0v) is 26.7. The molecule has 42 heavy (non-hydrogen) atoms. The summed E-state index contributed by atoms with van der Waals surface area (Å²) in [6, 6.07) is 9.98. The highest BCUT2D eigenvalue weighted by molar-refractivity contribution is 5.66. The van der Waals surface area contributed by atoms with Crippen molar-refractivity contribution in [3.8, 4) is 6.07 Å². The van der Waals surface area contributed by atoms with E-state index in [1.54, 1.807) is 6.92 Å². The second-order valence-electron chi connectivity index (χ2n) is 11.7. The van der Waals surface area contributed by atoms with Crippen molar-refractivity contribution in [3.05, 3.63) is 56.2 Å². The van der Waals surface area contributed by atoms with Crippen molar-refractivity contribution < 1.29 is 0 Å². The standard InChI is InChI=1S/C35H53N5O2/c1-5-8-10-11-12-13-14-15-16-17-18-19-21-30-22-24-31(25-23-30)37-38-33-28(4)32(26-36)35(41)40(34(33)39-42)27-29(7-3)20-9-6-2/h22-25,29H,5-21,27H2,1-4H3/b38-37+. The van der Waals surface area contributed by atoms with Gasteiger partial charge in [0.25, 0.3) is 5.56 Å². The molecule has 0 aliphatic rings. The molecule has 0 N–H and O–H groups in total. The molecular weight excluding hydrogens is 522 g/mol. The van der Waals surface area contributed by atoms with Gasteiger partial charge >= 0.3 is 0 Å². The lowest BCUT2D eigenvalue weighted by Crippen LogP contribution is -2.27. The fraction of sp³-hybridized carbons (Fsp3) is 0.657. The van der Waals surface area contributed by atoms with Crippen LogP contribution >= 0.6 is 0 Å². The van der Waals surface area contributed by atoms with Crippen molar-refractivity contribution in [1.82, 2.24) is 4.57 Å². The van der Waals surface area contributed by atoms with Crippen LogP contribution in [0.4, 0.5) is 17.2 Å². The van der Waals surface area contributed by atoms with Crippen molar-refractivity contribution in [3.63, 3.8) is 0 Å². The van der Waals surface area contributed by atoms with E-state index in [4.69, 9.17) is 0 Å². The quantitative estimate of drug-likeness (QED) is 0.0792. The number of azo groups is 1. The third-order valence-electron chi connectivity index (χ3n) is 8.36. The number of hydrogen-bond acceptors (Lipinski definition) is 6. The van der Waals surface area contributed by atoms with E-state index in [0.29, 0.717) is 17.8 Å². The molecule has 0 saturated heterocycles. The summed E-state index contributed by atoms with van der Waals surface area (Å²) in [5.41, 5.74) is 1.94. The highest BCUT2D eigenvalue weighted by atomic mass is 16.3. The van der Waals surface area contributed by atoms with E-state index in [0.717, 1.165) is 32.1 Å². The minimum Gasteiger partial charge on any atom is -0.287 e. The number of nitroso groups, excluding NO2 is 1. The first-order chi connectivity index (χ1) is 20.5. The first kappa shape index (κ1) is 35.1. The average molecular weight is 576 g/mol. The number of rotatable bonds is 22. The SMILES string of the molecule is CCCCCCCCCCCCCCc1ccc(/N=N/c2c(C)c(C#N)c(=O)n(CC(CC)CCCC)c2N=O)cc1. The zero-order chi connectivity index (χ0) is 30.6. The number of unbranched alkanes of at least 4 members (excludes halogenated alkanes) is 12. The van der Waals surface area contributed by atoms with Crippen molar-refractivity contribution in [1.29, 1.82) is 5.26 Å². The van der Waals surface area contributed by atoms with Gasteiger partial charge in [0.15, 0.2) is 0 Å².